The molecule has 30 heavy (non-hydrogen) atoms. The first kappa shape index (κ1) is 19.6. The maximum absolute atomic E-state index is 10.6. The fraction of sp³-hybridized carbons (Fsp3) is 0.160. The summed E-state index contributed by atoms with van der Waals surface area (Å²) in [6, 6.07) is 21.3. The molecule has 0 atom stereocenters. The van der Waals surface area contributed by atoms with Crippen molar-refractivity contribution in [3.05, 3.63) is 83.6 Å². The number of aryl methyl sites for hydroxylation is 1. The SMILES string of the molecule is COc1cc2c(C)nc(O)c(Cc3ccc(Oc4ccccc4)cc3)c2cc1OC. The van der Waals surface area contributed by atoms with E-state index in [4.69, 9.17) is 14.2 Å². The average molecular weight is 401 g/mol. The molecule has 3 aromatic carbocycles. The largest absolute Gasteiger partial charge is 0.493 e. The van der Waals surface area contributed by atoms with Crippen molar-refractivity contribution in [2.45, 2.75) is 13.3 Å². The monoisotopic (exact) mass is 401 g/mol. The number of pyridine rings is 1. The molecule has 0 unspecified atom stereocenters. The van der Waals surface area contributed by atoms with Gasteiger partial charge in [-0.2, -0.15) is 0 Å². The molecule has 1 N–H and O–H groups in total. The third kappa shape index (κ3) is 3.87. The number of nitrogens with zero attached hydrogens (tertiary/aromatic N) is 1. The minimum Gasteiger partial charge on any atom is -0.493 e. The summed E-state index contributed by atoms with van der Waals surface area (Å²) in [5, 5.41) is 12.4. The van der Waals surface area contributed by atoms with Crippen molar-refractivity contribution in [2.24, 2.45) is 0 Å². The second-order valence-electron chi connectivity index (χ2n) is 6.99. The van der Waals surface area contributed by atoms with E-state index in [1.54, 1.807) is 14.2 Å². The Morgan fingerprint density at radius 3 is 2.03 bits per heavy atom. The van der Waals surface area contributed by atoms with Gasteiger partial charge in [-0.25, -0.2) is 4.98 Å². The summed E-state index contributed by atoms with van der Waals surface area (Å²) in [7, 11) is 3.20. The number of methoxy groups -OCH3 is 2. The van der Waals surface area contributed by atoms with Crippen molar-refractivity contribution in [2.75, 3.05) is 14.2 Å². The van der Waals surface area contributed by atoms with E-state index in [1.165, 1.54) is 0 Å². The second kappa shape index (κ2) is 8.33. The number of benzene rings is 3. The van der Waals surface area contributed by atoms with Gasteiger partial charge in [0.2, 0.25) is 5.88 Å². The molecule has 1 heterocycles. The van der Waals surface area contributed by atoms with Gasteiger partial charge in [-0.1, -0.05) is 30.3 Å². The standard InChI is InChI=1S/C25H23NO4/c1-16-20-14-23(28-2)24(29-3)15-21(20)22(25(27)26-16)13-17-9-11-19(12-10-17)30-18-7-5-4-6-8-18/h4-12,14-15H,13H2,1-3H3,(H,26,27). The molecule has 0 spiro atoms. The van der Waals surface area contributed by atoms with Gasteiger partial charge in [-0.15, -0.1) is 0 Å². The van der Waals surface area contributed by atoms with E-state index < -0.39 is 0 Å². The Hall–Kier alpha value is -3.73. The van der Waals surface area contributed by atoms with E-state index >= 15 is 0 Å². The molecule has 0 aliphatic carbocycles. The number of fused-ring (bicyclic) bond motifs is 1. The normalized spacial score (nSPS) is 10.8. The van der Waals surface area contributed by atoms with E-state index in [2.05, 4.69) is 4.98 Å². The predicted octanol–water partition coefficient (Wildman–Crippen LogP) is 5.65. The van der Waals surface area contributed by atoms with Crippen LogP contribution in [-0.2, 0) is 6.42 Å². The van der Waals surface area contributed by atoms with Crippen molar-refractivity contribution in [1.29, 1.82) is 0 Å². The van der Waals surface area contributed by atoms with Gasteiger partial charge in [0.05, 0.1) is 14.2 Å². The molecule has 5 nitrogen and oxygen atoms in total. The van der Waals surface area contributed by atoms with Crippen molar-refractivity contribution in [3.63, 3.8) is 0 Å². The molecule has 0 saturated carbocycles. The van der Waals surface area contributed by atoms with Crippen LogP contribution in [-0.4, -0.2) is 24.3 Å². The highest BCUT2D eigenvalue weighted by Crippen LogP contribution is 2.38. The number of hydrogen-bond donors (Lipinski definition) is 1. The smallest absolute Gasteiger partial charge is 0.215 e. The van der Waals surface area contributed by atoms with E-state index in [0.717, 1.165) is 39.1 Å². The third-order valence-electron chi connectivity index (χ3n) is 5.07. The fourth-order valence-corrected chi connectivity index (χ4v) is 3.51. The molecule has 152 valence electrons. The van der Waals surface area contributed by atoms with Crippen LogP contribution in [0.1, 0.15) is 16.8 Å². The van der Waals surface area contributed by atoms with Crippen LogP contribution in [0.15, 0.2) is 66.7 Å². The molecule has 0 saturated heterocycles. The van der Waals surface area contributed by atoms with Crippen LogP contribution in [0.25, 0.3) is 10.8 Å². The van der Waals surface area contributed by atoms with Crippen LogP contribution >= 0.6 is 0 Å². The summed E-state index contributed by atoms with van der Waals surface area (Å²) in [4.78, 5) is 4.34. The zero-order valence-corrected chi connectivity index (χ0v) is 17.2. The highest BCUT2D eigenvalue weighted by atomic mass is 16.5. The lowest BCUT2D eigenvalue weighted by atomic mass is 9.98. The van der Waals surface area contributed by atoms with Crippen LogP contribution < -0.4 is 14.2 Å². The topological polar surface area (TPSA) is 60.8 Å². The first-order chi connectivity index (χ1) is 14.6. The lowest BCUT2D eigenvalue weighted by Crippen LogP contribution is -1.98. The first-order valence-corrected chi connectivity index (χ1v) is 9.65. The minimum atomic E-state index is 0.0248. The van der Waals surface area contributed by atoms with Crippen molar-refractivity contribution in [1.82, 2.24) is 4.98 Å². The molecule has 5 heteroatoms. The van der Waals surface area contributed by atoms with E-state index in [9.17, 15) is 5.11 Å². The Labute approximate surface area is 175 Å². The summed E-state index contributed by atoms with van der Waals surface area (Å²) in [6.07, 6.45) is 0.525. The Morgan fingerprint density at radius 1 is 0.800 bits per heavy atom. The van der Waals surface area contributed by atoms with E-state index in [0.29, 0.717) is 17.9 Å². The number of hydrogen-bond acceptors (Lipinski definition) is 5. The van der Waals surface area contributed by atoms with Gasteiger partial charge in [0, 0.05) is 23.1 Å². The van der Waals surface area contributed by atoms with E-state index in [1.807, 2.05) is 73.7 Å². The number of aromatic nitrogens is 1. The Kier molecular flexibility index (Phi) is 5.44. The zero-order valence-electron chi connectivity index (χ0n) is 17.2. The zero-order chi connectivity index (χ0) is 21.1. The fourth-order valence-electron chi connectivity index (χ4n) is 3.51. The van der Waals surface area contributed by atoms with Crippen LogP contribution in [0, 0.1) is 6.92 Å². The maximum Gasteiger partial charge on any atom is 0.215 e. The molecule has 0 bridgehead atoms. The third-order valence-corrected chi connectivity index (χ3v) is 5.07. The molecule has 1 aromatic heterocycles. The van der Waals surface area contributed by atoms with Crippen LogP contribution in [0.5, 0.6) is 28.9 Å². The lowest BCUT2D eigenvalue weighted by Gasteiger charge is -2.15. The minimum absolute atomic E-state index is 0.0248. The van der Waals surface area contributed by atoms with Gasteiger partial charge in [0.25, 0.3) is 0 Å². The van der Waals surface area contributed by atoms with Crippen molar-refractivity contribution >= 4 is 10.8 Å². The molecule has 0 amide bonds. The summed E-state index contributed by atoms with van der Waals surface area (Å²) in [5.41, 5.74) is 2.51. The summed E-state index contributed by atoms with van der Waals surface area (Å²) in [6.45, 7) is 1.87. The predicted molar refractivity (Wildman–Crippen MR) is 117 cm³/mol. The number of ether oxygens (including phenoxy) is 3. The first-order valence-electron chi connectivity index (χ1n) is 9.65. The van der Waals surface area contributed by atoms with Crippen molar-refractivity contribution < 1.29 is 19.3 Å². The molecule has 0 aliphatic heterocycles. The molecular weight excluding hydrogens is 378 g/mol. The van der Waals surface area contributed by atoms with Gasteiger partial charge in [0.15, 0.2) is 11.5 Å². The number of rotatable bonds is 6. The second-order valence-corrected chi connectivity index (χ2v) is 6.99. The van der Waals surface area contributed by atoms with Crippen LogP contribution in [0.3, 0.4) is 0 Å². The summed E-state index contributed by atoms with van der Waals surface area (Å²) < 4.78 is 16.7. The molecule has 0 radical (unpaired) electrons. The van der Waals surface area contributed by atoms with Gasteiger partial charge < -0.3 is 19.3 Å². The average Bonchev–Trinajstić information content (AvgIpc) is 2.77. The van der Waals surface area contributed by atoms with Gasteiger partial charge >= 0.3 is 0 Å². The Morgan fingerprint density at radius 2 is 1.40 bits per heavy atom. The maximum atomic E-state index is 10.6. The molecule has 0 aliphatic rings. The molecule has 4 aromatic rings. The number of para-hydroxylation sites is 1. The van der Waals surface area contributed by atoms with Crippen LogP contribution in [0.4, 0.5) is 0 Å². The molecule has 0 fully saturated rings. The highest BCUT2D eigenvalue weighted by Gasteiger charge is 2.16. The molecular formula is C25H23NO4. The van der Waals surface area contributed by atoms with Crippen LogP contribution in [0.2, 0.25) is 0 Å². The van der Waals surface area contributed by atoms with Gasteiger partial charge in [-0.3, -0.25) is 0 Å². The Balaban J connectivity index is 1.68. The van der Waals surface area contributed by atoms with Crippen molar-refractivity contribution in [3.8, 4) is 28.9 Å². The summed E-state index contributed by atoms with van der Waals surface area (Å²) in [5.74, 6) is 2.82. The Bertz CT molecular complexity index is 1170. The highest BCUT2D eigenvalue weighted by molar-refractivity contribution is 5.92. The van der Waals surface area contributed by atoms with E-state index in [-0.39, 0.29) is 5.88 Å². The quantitative estimate of drug-likeness (QED) is 0.452. The summed E-state index contributed by atoms with van der Waals surface area (Å²) >= 11 is 0. The molecule has 4 rings (SSSR count). The van der Waals surface area contributed by atoms with Gasteiger partial charge in [0.1, 0.15) is 11.5 Å². The lowest BCUT2D eigenvalue weighted by molar-refractivity contribution is 0.355. The number of aromatic hydroxyl groups is 1. The van der Waals surface area contributed by atoms with Gasteiger partial charge in [-0.05, 0) is 54.3 Å².